The molecule has 5 nitrogen and oxygen atoms in total. The van der Waals surface area contributed by atoms with Gasteiger partial charge in [-0.2, -0.15) is 0 Å². The third kappa shape index (κ3) is 4.97. The van der Waals surface area contributed by atoms with Crippen LogP contribution in [0.15, 0.2) is 53.4 Å². The largest absolute Gasteiger partial charge is 0.492 e. The SMILES string of the molecule is CN(CCOc1cccc(Cl)c1)C(=O)c1cccc(S(C)(=O)=O)c1. The topological polar surface area (TPSA) is 63.7 Å². The van der Waals surface area contributed by atoms with Crippen molar-refractivity contribution in [1.29, 1.82) is 0 Å². The molecular formula is C17H18ClNO4S. The van der Waals surface area contributed by atoms with Gasteiger partial charge in [-0.25, -0.2) is 8.42 Å². The van der Waals surface area contributed by atoms with Crippen molar-refractivity contribution in [1.82, 2.24) is 4.90 Å². The standard InChI is InChI=1S/C17H18ClNO4S/c1-19(9-10-23-15-7-4-6-14(18)12-15)17(20)13-5-3-8-16(11-13)24(2,21)22/h3-8,11-12H,9-10H2,1-2H3. The quantitative estimate of drug-likeness (QED) is 0.787. The van der Waals surface area contributed by atoms with E-state index in [-0.39, 0.29) is 10.8 Å². The van der Waals surface area contributed by atoms with Crippen LogP contribution in [0.5, 0.6) is 5.75 Å². The lowest BCUT2D eigenvalue weighted by Crippen LogP contribution is -2.31. The average Bonchev–Trinajstić information content (AvgIpc) is 2.53. The Hall–Kier alpha value is -2.05. The molecule has 7 heteroatoms. The summed E-state index contributed by atoms with van der Waals surface area (Å²) in [6, 6.07) is 13.0. The number of ether oxygens (including phenoxy) is 1. The summed E-state index contributed by atoms with van der Waals surface area (Å²) in [5, 5.41) is 0.578. The maximum atomic E-state index is 12.4. The number of amides is 1. The molecule has 2 aromatic carbocycles. The van der Waals surface area contributed by atoms with Gasteiger partial charge in [0.15, 0.2) is 9.84 Å². The third-order valence-electron chi connectivity index (χ3n) is 3.35. The molecule has 0 aliphatic heterocycles. The van der Waals surface area contributed by atoms with Crippen LogP contribution < -0.4 is 4.74 Å². The fourth-order valence-electron chi connectivity index (χ4n) is 2.04. The Morgan fingerprint density at radius 2 is 1.88 bits per heavy atom. The van der Waals surface area contributed by atoms with Gasteiger partial charge >= 0.3 is 0 Å². The van der Waals surface area contributed by atoms with Crippen molar-refractivity contribution in [3.05, 3.63) is 59.1 Å². The van der Waals surface area contributed by atoms with E-state index in [1.54, 1.807) is 43.4 Å². The van der Waals surface area contributed by atoms with Crippen LogP contribution in [-0.4, -0.2) is 45.7 Å². The maximum absolute atomic E-state index is 12.4. The van der Waals surface area contributed by atoms with Crippen LogP contribution in [0.3, 0.4) is 0 Å². The first-order valence-electron chi connectivity index (χ1n) is 7.21. The Morgan fingerprint density at radius 3 is 2.54 bits per heavy atom. The van der Waals surface area contributed by atoms with Crippen molar-refractivity contribution < 1.29 is 17.9 Å². The Morgan fingerprint density at radius 1 is 1.17 bits per heavy atom. The molecule has 0 radical (unpaired) electrons. The highest BCUT2D eigenvalue weighted by Gasteiger charge is 2.15. The van der Waals surface area contributed by atoms with Gasteiger partial charge in [0, 0.05) is 23.9 Å². The molecule has 2 rings (SSSR count). The number of nitrogens with zero attached hydrogens (tertiary/aromatic N) is 1. The molecule has 0 saturated carbocycles. The lowest BCUT2D eigenvalue weighted by Gasteiger charge is -2.18. The number of rotatable bonds is 6. The number of halogens is 1. The van der Waals surface area contributed by atoms with E-state index in [4.69, 9.17) is 16.3 Å². The third-order valence-corrected chi connectivity index (χ3v) is 4.69. The Balaban J connectivity index is 1.97. The molecule has 0 aromatic heterocycles. The van der Waals surface area contributed by atoms with Crippen LogP contribution in [0.4, 0.5) is 0 Å². The van der Waals surface area contributed by atoms with Crippen molar-refractivity contribution >= 4 is 27.3 Å². The second-order valence-electron chi connectivity index (χ2n) is 5.33. The molecule has 0 N–H and O–H groups in total. The molecule has 0 unspecified atom stereocenters. The number of likely N-dealkylation sites (N-methyl/N-ethyl adjacent to an activating group) is 1. The van der Waals surface area contributed by atoms with Crippen molar-refractivity contribution in [2.45, 2.75) is 4.90 Å². The molecule has 2 aromatic rings. The molecule has 0 spiro atoms. The van der Waals surface area contributed by atoms with Crippen molar-refractivity contribution in [3.8, 4) is 5.75 Å². The van der Waals surface area contributed by atoms with E-state index in [0.29, 0.717) is 29.5 Å². The van der Waals surface area contributed by atoms with Gasteiger partial charge in [0.2, 0.25) is 0 Å². The number of benzene rings is 2. The predicted octanol–water partition coefficient (Wildman–Crippen LogP) is 2.89. The van der Waals surface area contributed by atoms with Gasteiger partial charge in [0.25, 0.3) is 5.91 Å². The molecule has 0 saturated heterocycles. The highest BCUT2D eigenvalue weighted by Crippen LogP contribution is 2.17. The van der Waals surface area contributed by atoms with Gasteiger partial charge in [0.05, 0.1) is 11.4 Å². The minimum absolute atomic E-state index is 0.122. The van der Waals surface area contributed by atoms with Crippen molar-refractivity contribution in [2.75, 3.05) is 26.5 Å². The summed E-state index contributed by atoms with van der Waals surface area (Å²) in [5.41, 5.74) is 0.322. The number of carbonyl (C=O) groups excluding carboxylic acids is 1. The summed E-state index contributed by atoms with van der Waals surface area (Å²) in [4.78, 5) is 14.0. The molecular weight excluding hydrogens is 350 g/mol. The molecule has 0 aliphatic rings. The molecule has 1 amide bonds. The number of carbonyl (C=O) groups is 1. The zero-order chi connectivity index (χ0) is 17.7. The average molecular weight is 368 g/mol. The van der Waals surface area contributed by atoms with Gasteiger partial charge in [-0.15, -0.1) is 0 Å². The van der Waals surface area contributed by atoms with Gasteiger partial charge in [0.1, 0.15) is 12.4 Å². The van der Waals surface area contributed by atoms with E-state index in [9.17, 15) is 13.2 Å². The fraction of sp³-hybridized carbons (Fsp3) is 0.235. The lowest BCUT2D eigenvalue weighted by atomic mass is 10.2. The first kappa shape index (κ1) is 18.3. The summed E-state index contributed by atoms with van der Waals surface area (Å²) in [5.74, 6) is 0.359. The Labute approximate surface area is 146 Å². The Bertz CT molecular complexity index is 836. The van der Waals surface area contributed by atoms with Crippen LogP contribution in [-0.2, 0) is 9.84 Å². The van der Waals surface area contributed by atoms with Gasteiger partial charge in [-0.3, -0.25) is 4.79 Å². The molecule has 0 aliphatic carbocycles. The summed E-state index contributed by atoms with van der Waals surface area (Å²) in [6.07, 6.45) is 1.11. The zero-order valence-corrected chi connectivity index (χ0v) is 15.0. The van der Waals surface area contributed by atoms with E-state index >= 15 is 0 Å². The first-order valence-corrected chi connectivity index (χ1v) is 9.48. The van der Waals surface area contributed by atoms with E-state index in [0.717, 1.165) is 6.26 Å². The van der Waals surface area contributed by atoms with E-state index < -0.39 is 9.84 Å². The molecule has 0 heterocycles. The molecule has 0 atom stereocenters. The van der Waals surface area contributed by atoms with E-state index in [2.05, 4.69) is 0 Å². The normalized spacial score (nSPS) is 11.1. The summed E-state index contributed by atoms with van der Waals surface area (Å²) in [7, 11) is -1.71. The molecule has 0 fully saturated rings. The molecule has 128 valence electrons. The monoisotopic (exact) mass is 367 g/mol. The van der Waals surface area contributed by atoms with Crippen LogP contribution in [0.25, 0.3) is 0 Å². The maximum Gasteiger partial charge on any atom is 0.253 e. The van der Waals surface area contributed by atoms with E-state index in [1.807, 2.05) is 0 Å². The van der Waals surface area contributed by atoms with Gasteiger partial charge in [-0.05, 0) is 36.4 Å². The highest BCUT2D eigenvalue weighted by atomic mass is 35.5. The molecule has 0 bridgehead atoms. The highest BCUT2D eigenvalue weighted by molar-refractivity contribution is 7.90. The van der Waals surface area contributed by atoms with Crippen molar-refractivity contribution in [3.63, 3.8) is 0 Å². The Kier molecular flexibility index (Phi) is 5.85. The second-order valence-corrected chi connectivity index (χ2v) is 7.78. The van der Waals surface area contributed by atoms with Crippen molar-refractivity contribution in [2.24, 2.45) is 0 Å². The van der Waals surface area contributed by atoms with Crippen LogP contribution in [0, 0.1) is 0 Å². The minimum atomic E-state index is -3.35. The minimum Gasteiger partial charge on any atom is -0.492 e. The summed E-state index contributed by atoms with van der Waals surface area (Å²) < 4.78 is 28.7. The predicted molar refractivity (Wildman–Crippen MR) is 93.5 cm³/mol. The fourth-order valence-corrected chi connectivity index (χ4v) is 2.89. The number of hydrogen-bond donors (Lipinski definition) is 0. The summed E-state index contributed by atoms with van der Waals surface area (Å²) in [6.45, 7) is 0.656. The first-order chi connectivity index (χ1) is 11.3. The molecule has 24 heavy (non-hydrogen) atoms. The van der Waals surface area contributed by atoms with Crippen LogP contribution in [0.2, 0.25) is 5.02 Å². The zero-order valence-electron chi connectivity index (χ0n) is 13.4. The number of sulfone groups is 1. The van der Waals surface area contributed by atoms with Gasteiger partial charge in [-0.1, -0.05) is 23.7 Å². The van der Waals surface area contributed by atoms with Crippen LogP contribution in [0.1, 0.15) is 10.4 Å². The number of hydrogen-bond acceptors (Lipinski definition) is 4. The van der Waals surface area contributed by atoms with Crippen LogP contribution >= 0.6 is 11.6 Å². The summed E-state index contributed by atoms with van der Waals surface area (Å²) >= 11 is 5.87. The van der Waals surface area contributed by atoms with Gasteiger partial charge < -0.3 is 9.64 Å². The second kappa shape index (κ2) is 7.68. The lowest BCUT2D eigenvalue weighted by molar-refractivity contribution is 0.0773. The smallest absolute Gasteiger partial charge is 0.253 e. The van der Waals surface area contributed by atoms with E-state index in [1.165, 1.54) is 17.0 Å².